The zero-order chi connectivity index (χ0) is 10.5. The molecule has 0 saturated heterocycles. The Morgan fingerprint density at radius 1 is 1.15 bits per heavy atom. The largest absolute Gasteiger partial charge is 0.0654 e. The third kappa shape index (κ3) is 5.33. The molecule has 0 aliphatic carbocycles. The van der Waals surface area contributed by atoms with Gasteiger partial charge in [-0.15, -0.1) is 0 Å². The van der Waals surface area contributed by atoms with Crippen LogP contribution in [0.3, 0.4) is 0 Å². The summed E-state index contributed by atoms with van der Waals surface area (Å²) < 4.78 is 0. The van der Waals surface area contributed by atoms with Crippen LogP contribution in [0, 0.1) is 17.3 Å². The zero-order valence-electron chi connectivity index (χ0n) is 10.4. The molecule has 1 unspecified atom stereocenters. The maximum absolute atomic E-state index is 2.37. The van der Waals surface area contributed by atoms with E-state index in [2.05, 4.69) is 41.5 Å². The van der Waals surface area contributed by atoms with Crippen molar-refractivity contribution in [1.82, 2.24) is 0 Å². The third-order valence-corrected chi connectivity index (χ3v) is 3.16. The van der Waals surface area contributed by atoms with Crippen LogP contribution in [0.4, 0.5) is 0 Å². The Labute approximate surface area is 85.1 Å². The lowest BCUT2D eigenvalue weighted by Gasteiger charge is -2.32. The van der Waals surface area contributed by atoms with E-state index >= 15 is 0 Å². The van der Waals surface area contributed by atoms with Crippen molar-refractivity contribution < 1.29 is 0 Å². The molecule has 0 heteroatoms. The van der Waals surface area contributed by atoms with Crippen LogP contribution >= 0.6 is 0 Å². The molecular formula is C13H27. The molecule has 0 aliphatic rings. The van der Waals surface area contributed by atoms with Gasteiger partial charge in [-0.2, -0.15) is 0 Å². The first kappa shape index (κ1) is 13.0. The molecule has 0 saturated carbocycles. The normalized spacial score (nSPS) is 15.0. The summed E-state index contributed by atoms with van der Waals surface area (Å²) in [7, 11) is 0. The predicted molar refractivity (Wildman–Crippen MR) is 61.7 cm³/mol. The fourth-order valence-electron chi connectivity index (χ4n) is 1.66. The van der Waals surface area contributed by atoms with Gasteiger partial charge in [0, 0.05) is 0 Å². The summed E-state index contributed by atoms with van der Waals surface area (Å²) in [5.74, 6) is 2.45. The Morgan fingerprint density at radius 3 is 2.08 bits per heavy atom. The van der Waals surface area contributed by atoms with Crippen LogP contribution < -0.4 is 0 Å². The fraction of sp³-hybridized carbons (Fsp3) is 0.923. The molecule has 0 aromatic rings. The van der Waals surface area contributed by atoms with E-state index in [0.29, 0.717) is 5.41 Å². The Kier molecular flexibility index (Phi) is 5.67. The summed E-state index contributed by atoms with van der Waals surface area (Å²) in [6.07, 6.45) is 5.49. The molecule has 1 radical (unpaired) electrons. The third-order valence-electron chi connectivity index (χ3n) is 3.16. The van der Waals surface area contributed by atoms with E-state index in [1.54, 1.807) is 5.92 Å². The Bertz CT molecular complexity index is 118. The summed E-state index contributed by atoms with van der Waals surface area (Å²) in [6.45, 7) is 13.9. The summed E-state index contributed by atoms with van der Waals surface area (Å²) in [5.41, 5.74) is 0.394. The van der Waals surface area contributed by atoms with E-state index in [1.165, 1.54) is 25.7 Å². The van der Waals surface area contributed by atoms with Gasteiger partial charge in [-0.3, -0.25) is 0 Å². The molecule has 79 valence electrons. The van der Waals surface area contributed by atoms with Gasteiger partial charge < -0.3 is 0 Å². The van der Waals surface area contributed by atoms with Gasteiger partial charge in [-0.05, 0) is 17.3 Å². The highest BCUT2D eigenvalue weighted by molar-refractivity contribution is 5.00. The Morgan fingerprint density at radius 2 is 1.69 bits per heavy atom. The summed E-state index contributed by atoms with van der Waals surface area (Å²) in [5, 5.41) is 0. The smallest absolute Gasteiger partial charge is 0.0190 e. The van der Waals surface area contributed by atoms with Crippen LogP contribution in [0.5, 0.6) is 0 Å². The van der Waals surface area contributed by atoms with Crippen molar-refractivity contribution in [2.24, 2.45) is 11.3 Å². The molecular weight excluding hydrogens is 156 g/mol. The summed E-state index contributed by atoms with van der Waals surface area (Å²) in [4.78, 5) is 0. The SMILES string of the molecule is CCCCCC(C)[C](C)C(C)(C)C. The molecule has 0 rings (SSSR count). The fourth-order valence-corrected chi connectivity index (χ4v) is 1.66. The van der Waals surface area contributed by atoms with Crippen molar-refractivity contribution in [2.45, 2.75) is 67.2 Å². The first-order valence-corrected chi connectivity index (χ1v) is 5.73. The number of rotatable bonds is 5. The molecule has 1 atom stereocenters. The van der Waals surface area contributed by atoms with Gasteiger partial charge in [-0.1, -0.05) is 67.2 Å². The molecule has 0 amide bonds. The molecule has 0 aliphatic heterocycles. The quantitative estimate of drug-likeness (QED) is 0.535. The maximum Gasteiger partial charge on any atom is -0.0190 e. The average Bonchev–Trinajstić information content (AvgIpc) is 2.01. The van der Waals surface area contributed by atoms with Gasteiger partial charge in [0.25, 0.3) is 0 Å². The molecule has 0 heterocycles. The van der Waals surface area contributed by atoms with Gasteiger partial charge in [0.2, 0.25) is 0 Å². The van der Waals surface area contributed by atoms with E-state index in [4.69, 9.17) is 0 Å². The highest BCUT2D eigenvalue weighted by atomic mass is 14.3. The van der Waals surface area contributed by atoms with Crippen molar-refractivity contribution in [3.8, 4) is 0 Å². The molecule has 0 bridgehead atoms. The summed E-state index contributed by atoms with van der Waals surface area (Å²) >= 11 is 0. The van der Waals surface area contributed by atoms with Crippen molar-refractivity contribution in [1.29, 1.82) is 0 Å². The lowest BCUT2D eigenvalue weighted by atomic mass is 9.73. The van der Waals surface area contributed by atoms with Gasteiger partial charge in [0.05, 0.1) is 0 Å². The van der Waals surface area contributed by atoms with Gasteiger partial charge >= 0.3 is 0 Å². The monoisotopic (exact) mass is 183 g/mol. The lowest BCUT2D eigenvalue weighted by Crippen LogP contribution is -2.21. The van der Waals surface area contributed by atoms with Crippen LogP contribution in [0.15, 0.2) is 0 Å². The van der Waals surface area contributed by atoms with Crippen LogP contribution in [-0.2, 0) is 0 Å². The second-order valence-corrected chi connectivity index (χ2v) is 5.33. The van der Waals surface area contributed by atoms with E-state index < -0.39 is 0 Å². The van der Waals surface area contributed by atoms with Gasteiger partial charge in [0.15, 0.2) is 0 Å². The highest BCUT2D eigenvalue weighted by Crippen LogP contribution is 2.35. The molecule has 0 fully saturated rings. The molecule has 0 N–H and O–H groups in total. The van der Waals surface area contributed by atoms with Crippen molar-refractivity contribution in [3.63, 3.8) is 0 Å². The second kappa shape index (κ2) is 5.67. The van der Waals surface area contributed by atoms with Gasteiger partial charge in [-0.25, -0.2) is 0 Å². The minimum absolute atomic E-state index is 0.394. The zero-order valence-corrected chi connectivity index (χ0v) is 10.4. The molecule has 0 nitrogen and oxygen atoms in total. The Balaban J connectivity index is 3.76. The van der Waals surface area contributed by atoms with Crippen molar-refractivity contribution in [2.75, 3.05) is 0 Å². The number of hydrogen-bond acceptors (Lipinski definition) is 0. The molecule has 0 aromatic heterocycles. The first-order valence-electron chi connectivity index (χ1n) is 5.73. The number of hydrogen-bond donors (Lipinski definition) is 0. The molecule has 0 aromatic carbocycles. The highest BCUT2D eigenvalue weighted by Gasteiger charge is 2.25. The predicted octanol–water partition coefficient (Wildman–Crippen LogP) is 4.84. The topological polar surface area (TPSA) is 0 Å². The number of unbranched alkanes of at least 4 members (excludes halogenated alkanes) is 2. The average molecular weight is 183 g/mol. The molecule has 13 heavy (non-hydrogen) atoms. The minimum Gasteiger partial charge on any atom is -0.0654 e. The second-order valence-electron chi connectivity index (χ2n) is 5.33. The van der Waals surface area contributed by atoms with Crippen LogP contribution in [0.2, 0.25) is 0 Å². The van der Waals surface area contributed by atoms with Crippen molar-refractivity contribution >= 4 is 0 Å². The summed E-state index contributed by atoms with van der Waals surface area (Å²) in [6, 6.07) is 0. The van der Waals surface area contributed by atoms with E-state index in [-0.39, 0.29) is 0 Å². The molecule has 0 spiro atoms. The van der Waals surface area contributed by atoms with E-state index in [0.717, 1.165) is 5.92 Å². The van der Waals surface area contributed by atoms with Crippen LogP contribution in [-0.4, -0.2) is 0 Å². The minimum atomic E-state index is 0.394. The van der Waals surface area contributed by atoms with E-state index in [1.807, 2.05) is 0 Å². The standard InChI is InChI=1S/C13H27/c1-7-8-9-10-11(2)12(3)13(4,5)6/h11H,7-10H2,1-6H3. The van der Waals surface area contributed by atoms with Crippen molar-refractivity contribution in [3.05, 3.63) is 5.92 Å². The van der Waals surface area contributed by atoms with Crippen LogP contribution in [0.25, 0.3) is 0 Å². The van der Waals surface area contributed by atoms with Crippen LogP contribution in [0.1, 0.15) is 67.2 Å². The Hall–Kier alpha value is 0. The lowest BCUT2D eigenvalue weighted by molar-refractivity contribution is 0.340. The first-order chi connectivity index (χ1) is 5.89. The maximum atomic E-state index is 2.37. The van der Waals surface area contributed by atoms with Gasteiger partial charge in [0.1, 0.15) is 0 Å². The van der Waals surface area contributed by atoms with E-state index in [9.17, 15) is 0 Å².